The number of esters is 1. The Morgan fingerprint density at radius 1 is 1.35 bits per heavy atom. The molecule has 0 fully saturated rings. The molecule has 1 aromatic rings. The van der Waals surface area contributed by atoms with Crippen LogP contribution in [0.25, 0.3) is 0 Å². The number of para-hydroxylation sites is 1. The van der Waals surface area contributed by atoms with Crippen LogP contribution in [0.5, 0.6) is 5.75 Å². The van der Waals surface area contributed by atoms with Gasteiger partial charge < -0.3 is 14.2 Å². The second kappa shape index (κ2) is 5.83. The van der Waals surface area contributed by atoms with Crippen LogP contribution >= 0.6 is 0 Å². The van der Waals surface area contributed by atoms with Crippen molar-refractivity contribution in [2.24, 2.45) is 5.41 Å². The van der Waals surface area contributed by atoms with Crippen molar-refractivity contribution in [1.82, 2.24) is 0 Å². The fraction of sp³-hybridized carbons (Fsp3) is 0.562. The van der Waals surface area contributed by atoms with Gasteiger partial charge >= 0.3 is 5.97 Å². The summed E-state index contributed by atoms with van der Waals surface area (Å²) in [5.41, 5.74) is 0.735. The minimum atomic E-state index is -0.573. The number of carbonyl (C=O) groups is 1. The molecule has 0 N–H and O–H groups in total. The smallest absolute Gasteiger partial charge is 0.304 e. The third-order valence-electron chi connectivity index (χ3n) is 3.17. The molecule has 0 aliphatic carbocycles. The van der Waals surface area contributed by atoms with E-state index in [1.807, 2.05) is 45.0 Å². The van der Waals surface area contributed by atoms with Crippen molar-refractivity contribution in [2.75, 3.05) is 6.61 Å². The van der Waals surface area contributed by atoms with Gasteiger partial charge in [-0.2, -0.15) is 0 Å². The summed E-state index contributed by atoms with van der Waals surface area (Å²) < 4.78 is 17.0. The molecule has 0 spiro atoms. The first-order valence-electron chi connectivity index (χ1n) is 6.92. The van der Waals surface area contributed by atoms with E-state index in [0.29, 0.717) is 6.61 Å². The highest BCUT2D eigenvalue weighted by Gasteiger charge is 2.33. The molecule has 2 rings (SSSR count). The van der Waals surface area contributed by atoms with Gasteiger partial charge in [-0.05, 0) is 6.07 Å². The van der Waals surface area contributed by atoms with E-state index in [9.17, 15) is 4.79 Å². The number of benzene rings is 1. The molecule has 0 amide bonds. The number of hydrogen-bond acceptors (Lipinski definition) is 4. The van der Waals surface area contributed by atoms with Crippen molar-refractivity contribution in [1.29, 1.82) is 0 Å². The number of fused-ring (bicyclic) bond motifs is 1. The molecule has 0 saturated heterocycles. The summed E-state index contributed by atoms with van der Waals surface area (Å²) in [6, 6.07) is 7.83. The first-order chi connectivity index (χ1) is 9.38. The summed E-state index contributed by atoms with van der Waals surface area (Å²) >= 11 is 0. The van der Waals surface area contributed by atoms with Crippen molar-refractivity contribution in [3.63, 3.8) is 0 Å². The summed E-state index contributed by atoms with van der Waals surface area (Å²) in [6.45, 7) is 7.99. The fourth-order valence-electron chi connectivity index (χ4n) is 2.16. The third-order valence-corrected chi connectivity index (χ3v) is 3.17. The second-order valence-corrected chi connectivity index (χ2v) is 6.11. The maximum atomic E-state index is 11.3. The van der Waals surface area contributed by atoms with E-state index in [1.165, 1.54) is 6.92 Å². The molecule has 110 valence electrons. The van der Waals surface area contributed by atoms with Crippen LogP contribution in [-0.4, -0.2) is 18.9 Å². The lowest BCUT2D eigenvalue weighted by atomic mass is 9.95. The van der Waals surface area contributed by atoms with E-state index in [4.69, 9.17) is 14.2 Å². The molecule has 1 aliphatic rings. The molecule has 1 aromatic carbocycles. The number of rotatable bonds is 3. The molecule has 1 heterocycles. The third kappa shape index (κ3) is 3.51. The molecule has 0 radical (unpaired) electrons. The molecule has 0 aromatic heterocycles. The highest BCUT2D eigenvalue weighted by molar-refractivity contribution is 5.66. The standard InChI is InChI=1S/C16H22O4/c1-11(17)19-15(16(2,3)4)20-14-9-10-18-13-8-6-5-7-12(13)14/h5-8,14-15H,9-10H2,1-4H3. The van der Waals surface area contributed by atoms with E-state index >= 15 is 0 Å². The molecule has 0 saturated carbocycles. The Morgan fingerprint density at radius 2 is 2.05 bits per heavy atom. The lowest BCUT2D eigenvalue weighted by Crippen LogP contribution is -2.35. The van der Waals surface area contributed by atoms with Gasteiger partial charge in [0.05, 0.1) is 12.7 Å². The molecule has 0 bridgehead atoms. The topological polar surface area (TPSA) is 44.8 Å². The molecule has 4 nitrogen and oxygen atoms in total. The van der Waals surface area contributed by atoms with Gasteiger partial charge in [-0.15, -0.1) is 0 Å². The summed E-state index contributed by atoms with van der Waals surface area (Å²) in [4.78, 5) is 11.3. The summed E-state index contributed by atoms with van der Waals surface area (Å²) in [5, 5.41) is 0. The Bertz CT molecular complexity index is 476. The summed E-state index contributed by atoms with van der Waals surface area (Å²) in [5.74, 6) is 0.518. The van der Waals surface area contributed by atoms with Gasteiger partial charge in [0.25, 0.3) is 0 Å². The van der Waals surface area contributed by atoms with Gasteiger partial charge in [-0.3, -0.25) is 4.79 Å². The number of hydrogen-bond donors (Lipinski definition) is 0. The first kappa shape index (κ1) is 14.9. The Labute approximate surface area is 120 Å². The SMILES string of the molecule is CC(=O)OC(OC1CCOc2ccccc21)C(C)(C)C. The zero-order chi connectivity index (χ0) is 14.8. The van der Waals surface area contributed by atoms with Gasteiger partial charge in [-0.25, -0.2) is 0 Å². The Morgan fingerprint density at radius 3 is 2.70 bits per heavy atom. The molecule has 4 heteroatoms. The van der Waals surface area contributed by atoms with Crippen molar-refractivity contribution >= 4 is 5.97 Å². The van der Waals surface area contributed by atoms with Crippen molar-refractivity contribution in [3.05, 3.63) is 29.8 Å². The molecule has 2 atom stereocenters. The van der Waals surface area contributed by atoms with Gasteiger partial charge in [0, 0.05) is 24.3 Å². The molecular formula is C16H22O4. The largest absolute Gasteiger partial charge is 0.493 e. The van der Waals surface area contributed by atoms with Crippen LogP contribution in [0.4, 0.5) is 0 Å². The van der Waals surface area contributed by atoms with E-state index in [1.54, 1.807) is 0 Å². The molecular weight excluding hydrogens is 256 g/mol. The zero-order valence-electron chi connectivity index (χ0n) is 12.5. The minimum Gasteiger partial charge on any atom is -0.493 e. The van der Waals surface area contributed by atoms with Crippen LogP contribution < -0.4 is 4.74 Å². The number of ether oxygens (including phenoxy) is 3. The monoisotopic (exact) mass is 278 g/mol. The van der Waals surface area contributed by atoms with Crippen molar-refractivity contribution < 1.29 is 19.0 Å². The summed E-state index contributed by atoms with van der Waals surface area (Å²) in [6.07, 6.45) is 0.0740. The first-order valence-corrected chi connectivity index (χ1v) is 6.92. The Kier molecular flexibility index (Phi) is 4.33. The normalized spacial score (nSPS) is 19.7. The predicted octanol–water partition coefficient (Wildman–Crippen LogP) is 3.46. The highest BCUT2D eigenvalue weighted by atomic mass is 16.7. The number of carbonyl (C=O) groups excluding carboxylic acids is 1. The average molecular weight is 278 g/mol. The predicted molar refractivity (Wildman–Crippen MR) is 75.4 cm³/mol. The highest BCUT2D eigenvalue weighted by Crippen LogP contribution is 2.37. The molecule has 1 aliphatic heterocycles. The van der Waals surface area contributed by atoms with Crippen LogP contribution in [0.1, 0.15) is 45.8 Å². The van der Waals surface area contributed by atoms with Gasteiger partial charge in [0.15, 0.2) is 0 Å². The van der Waals surface area contributed by atoms with Gasteiger partial charge in [0.1, 0.15) is 5.75 Å². The maximum Gasteiger partial charge on any atom is 0.304 e. The van der Waals surface area contributed by atoms with Crippen LogP contribution in [0.3, 0.4) is 0 Å². The Balaban J connectivity index is 2.17. The van der Waals surface area contributed by atoms with Crippen LogP contribution in [0, 0.1) is 5.41 Å². The zero-order valence-corrected chi connectivity index (χ0v) is 12.5. The van der Waals surface area contributed by atoms with E-state index in [-0.39, 0.29) is 17.5 Å². The minimum absolute atomic E-state index is 0.108. The lowest BCUT2D eigenvalue weighted by molar-refractivity contribution is -0.221. The van der Waals surface area contributed by atoms with Gasteiger partial charge in [-0.1, -0.05) is 39.0 Å². The average Bonchev–Trinajstić information content (AvgIpc) is 2.37. The summed E-state index contributed by atoms with van der Waals surface area (Å²) in [7, 11) is 0. The quantitative estimate of drug-likeness (QED) is 0.627. The second-order valence-electron chi connectivity index (χ2n) is 6.11. The van der Waals surface area contributed by atoms with E-state index < -0.39 is 6.29 Å². The van der Waals surface area contributed by atoms with E-state index in [2.05, 4.69) is 0 Å². The van der Waals surface area contributed by atoms with Crippen LogP contribution in [-0.2, 0) is 14.3 Å². The van der Waals surface area contributed by atoms with Crippen molar-refractivity contribution in [3.8, 4) is 5.75 Å². The van der Waals surface area contributed by atoms with E-state index in [0.717, 1.165) is 17.7 Å². The maximum absolute atomic E-state index is 11.3. The fourth-order valence-corrected chi connectivity index (χ4v) is 2.16. The van der Waals surface area contributed by atoms with Crippen LogP contribution in [0.2, 0.25) is 0 Å². The Hall–Kier alpha value is -1.55. The van der Waals surface area contributed by atoms with Gasteiger partial charge in [0.2, 0.25) is 6.29 Å². The van der Waals surface area contributed by atoms with Crippen LogP contribution in [0.15, 0.2) is 24.3 Å². The molecule has 20 heavy (non-hydrogen) atoms. The lowest BCUT2D eigenvalue weighted by Gasteiger charge is -2.35. The van der Waals surface area contributed by atoms with Crippen molar-refractivity contribution in [2.45, 2.75) is 46.5 Å². The molecule has 2 unspecified atom stereocenters.